The third kappa shape index (κ3) is 5.89. The number of rotatable bonds is 10. The lowest BCUT2D eigenvalue weighted by Gasteiger charge is -2.56. The zero-order chi connectivity index (χ0) is 33.4. The van der Waals surface area contributed by atoms with Crippen LogP contribution in [0, 0.1) is 5.92 Å². The minimum atomic E-state index is -3.91. The maximum Gasteiger partial charge on any atom is 0.261 e. The molecule has 244 valence electrons. The van der Waals surface area contributed by atoms with Gasteiger partial charge >= 0.3 is 0 Å². The number of hydrogen-bond acceptors (Lipinski definition) is 5. The first-order valence-electron chi connectivity index (χ1n) is 16.0. The molecule has 5 rings (SSSR count). The van der Waals surface area contributed by atoms with Crippen LogP contribution in [0.5, 0.6) is 0 Å². The van der Waals surface area contributed by atoms with Crippen LogP contribution in [-0.4, -0.2) is 54.1 Å². The molecule has 0 saturated heterocycles. The van der Waals surface area contributed by atoms with Gasteiger partial charge in [-0.25, -0.2) is 8.42 Å². The van der Waals surface area contributed by atoms with E-state index < -0.39 is 42.5 Å². The van der Waals surface area contributed by atoms with E-state index in [0.29, 0.717) is 0 Å². The van der Waals surface area contributed by atoms with Gasteiger partial charge in [0.15, 0.2) is 14.8 Å². The second-order valence-corrected chi connectivity index (χ2v) is 25.6. The van der Waals surface area contributed by atoms with Crippen molar-refractivity contribution in [3.05, 3.63) is 121 Å². The maximum atomic E-state index is 13.4. The second kappa shape index (κ2) is 12.6. The van der Waals surface area contributed by atoms with E-state index in [2.05, 4.69) is 114 Å². The minimum Gasteiger partial charge on any atom is -0.407 e. The van der Waals surface area contributed by atoms with E-state index in [1.54, 1.807) is 0 Å². The molecule has 0 aliphatic heterocycles. The zero-order valence-corrected chi connectivity index (χ0v) is 30.9. The van der Waals surface area contributed by atoms with Gasteiger partial charge in [-0.05, 0) is 30.8 Å². The molecule has 1 aliphatic rings. The van der Waals surface area contributed by atoms with Crippen molar-refractivity contribution in [2.24, 2.45) is 5.92 Å². The van der Waals surface area contributed by atoms with Crippen molar-refractivity contribution in [1.82, 2.24) is 0 Å². The van der Waals surface area contributed by atoms with Crippen LogP contribution in [0.25, 0.3) is 0 Å². The van der Waals surface area contributed by atoms with E-state index in [-0.39, 0.29) is 24.0 Å². The molecule has 4 aromatic rings. The Bertz CT molecular complexity index is 1620. The SMILES string of the molecule is CC(C)(C)[Si](OCC1CC(O)(S(C)(=O)=O)C1O[Si](c1ccccc1)(c1ccccc1)C(C)(C)C)(c1ccccc1)c1ccccc1. The summed E-state index contributed by atoms with van der Waals surface area (Å²) in [5.41, 5.74) is 0. The molecule has 3 atom stereocenters. The number of sulfone groups is 1. The Morgan fingerprint density at radius 1 is 0.652 bits per heavy atom. The fraction of sp³-hybridized carbons (Fsp3) is 0.368. The Hall–Kier alpha value is -2.86. The third-order valence-corrected chi connectivity index (χ3v) is 21.4. The normalized spacial score (nSPS) is 21.0. The van der Waals surface area contributed by atoms with Gasteiger partial charge in [-0.1, -0.05) is 163 Å². The fourth-order valence-corrected chi connectivity index (χ4v) is 18.0. The molecular weight excluding hydrogens is 625 g/mol. The van der Waals surface area contributed by atoms with E-state index in [1.165, 1.54) is 0 Å². The predicted octanol–water partition coefficient (Wildman–Crippen LogP) is 5.26. The minimum absolute atomic E-state index is 0.0485. The highest BCUT2D eigenvalue weighted by atomic mass is 32.2. The van der Waals surface area contributed by atoms with Crippen LogP contribution in [0.1, 0.15) is 48.0 Å². The highest BCUT2D eigenvalue weighted by Gasteiger charge is 2.65. The summed E-state index contributed by atoms with van der Waals surface area (Å²) in [6.07, 6.45) is 0.188. The van der Waals surface area contributed by atoms with Gasteiger partial charge in [-0.3, -0.25) is 0 Å². The van der Waals surface area contributed by atoms with Gasteiger partial charge in [0.05, 0.1) is 6.10 Å². The number of aliphatic hydroxyl groups is 1. The largest absolute Gasteiger partial charge is 0.407 e. The molecule has 1 saturated carbocycles. The van der Waals surface area contributed by atoms with Crippen LogP contribution in [0.4, 0.5) is 0 Å². The molecule has 1 fully saturated rings. The second-order valence-electron chi connectivity index (χ2n) is 14.8. The maximum absolute atomic E-state index is 13.4. The van der Waals surface area contributed by atoms with E-state index in [0.717, 1.165) is 27.0 Å². The van der Waals surface area contributed by atoms with Crippen molar-refractivity contribution in [2.45, 2.75) is 69.1 Å². The van der Waals surface area contributed by atoms with Crippen LogP contribution >= 0.6 is 0 Å². The van der Waals surface area contributed by atoms with Gasteiger partial charge in [0, 0.05) is 25.2 Å². The molecule has 0 radical (unpaired) electrons. The molecule has 8 heteroatoms. The van der Waals surface area contributed by atoms with E-state index in [1.807, 2.05) is 48.5 Å². The number of hydrogen-bond donors (Lipinski definition) is 1. The summed E-state index contributed by atoms with van der Waals surface area (Å²) in [5.74, 6) is -0.344. The third-order valence-electron chi connectivity index (χ3n) is 9.72. The van der Waals surface area contributed by atoms with Gasteiger partial charge in [-0.15, -0.1) is 0 Å². The average molecular weight is 673 g/mol. The van der Waals surface area contributed by atoms with E-state index >= 15 is 0 Å². The fourth-order valence-electron chi connectivity index (χ4n) is 7.38. The quantitative estimate of drug-likeness (QED) is 0.233. The summed E-state index contributed by atoms with van der Waals surface area (Å²) in [5, 5.41) is 15.7. The Labute approximate surface area is 277 Å². The molecule has 0 amide bonds. The van der Waals surface area contributed by atoms with Gasteiger partial charge in [-0.2, -0.15) is 0 Å². The van der Waals surface area contributed by atoms with Crippen molar-refractivity contribution in [2.75, 3.05) is 12.9 Å². The molecule has 0 heterocycles. The summed E-state index contributed by atoms with van der Waals surface area (Å²) in [6.45, 7) is 13.4. The lowest BCUT2D eigenvalue weighted by atomic mass is 9.79. The molecule has 3 unspecified atom stereocenters. The van der Waals surface area contributed by atoms with Gasteiger partial charge in [0.2, 0.25) is 0 Å². The lowest BCUT2D eigenvalue weighted by molar-refractivity contribution is -0.132. The van der Waals surface area contributed by atoms with Gasteiger partial charge < -0.3 is 14.0 Å². The monoisotopic (exact) mass is 672 g/mol. The highest BCUT2D eigenvalue weighted by Crippen LogP contribution is 2.49. The molecule has 1 aliphatic carbocycles. The summed E-state index contributed by atoms with van der Waals surface area (Å²) in [7, 11) is -10.0. The first-order valence-corrected chi connectivity index (χ1v) is 21.7. The molecule has 46 heavy (non-hydrogen) atoms. The zero-order valence-electron chi connectivity index (χ0n) is 28.1. The standard InChI is InChI=1S/C38H48O5SSi2/c1-36(2,3)45(31-20-12-8-13-21-31,32-22-14-9-15-23-32)42-29-30-28-38(39,44(7,40)41)35(30)43-46(37(4,5)6,33-24-16-10-17-25-33)34-26-18-11-19-27-34/h8-27,30,35,39H,28-29H2,1-7H3. The molecule has 4 aromatic carbocycles. The van der Waals surface area contributed by atoms with Gasteiger partial charge in [0.25, 0.3) is 16.6 Å². The van der Waals surface area contributed by atoms with Crippen LogP contribution < -0.4 is 20.7 Å². The summed E-state index contributed by atoms with van der Waals surface area (Å²) in [4.78, 5) is -2.03. The van der Waals surface area contributed by atoms with Crippen molar-refractivity contribution in [1.29, 1.82) is 0 Å². The molecular formula is C38H48O5SSi2. The Kier molecular flexibility index (Phi) is 9.47. The van der Waals surface area contributed by atoms with E-state index in [9.17, 15) is 13.5 Å². The van der Waals surface area contributed by atoms with Crippen molar-refractivity contribution in [3.8, 4) is 0 Å². The van der Waals surface area contributed by atoms with Crippen LogP contribution in [0.3, 0.4) is 0 Å². The van der Waals surface area contributed by atoms with Gasteiger partial charge in [0.1, 0.15) is 0 Å². The Morgan fingerprint density at radius 3 is 1.28 bits per heavy atom. The first kappa shape index (κ1) is 34.5. The molecule has 0 aromatic heterocycles. The first-order chi connectivity index (χ1) is 21.6. The van der Waals surface area contributed by atoms with E-state index in [4.69, 9.17) is 8.85 Å². The molecule has 5 nitrogen and oxygen atoms in total. The smallest absolute Gasteiger partial charge is 0.261 e. The molecule has 0 bridgehead atoms. The number of benzene rings is 4. The Balaban J connectivity index is 1.63. The highest BCUT2D eigenvalue weighted by molar-refractivity contribution is 7.92. The summed E-state index contributed by atoms with van der Waals surface area (Å²) >= 11 is 0. The predicted molar refractivity (Wildman–Crippen MR) is 194 cm³/mol. The Morgan fingerprint density at radius 2 is 0.978 bits per heavy atom. The van der Waals surface area contributed by atoms with Crippen molar-refractivity contribution >= 4 is 47.2 Å². The topological polar surface area (TPSA) is 72.8 Å². The van der Waals surface area contributed by atoms with Crippen LogP contribution in [0.15, 0.2) is 121 Å². The van der Waals surface area contributed by atoms with Crippen molar-refractivity contribution in [3.63, 3.8) is 0 Å². The van der Waals surface area contributed by atoms with Crippen LogP contribution in [-0.2, 0) is 18.7 Å². The molecule has 0 spiro atoms. The lowest BCUT2D eigenvalue weighted by Crippen LogP contribution is -2.75. The van der Waals surface area contributed by atoms with Crippen LogP contribution in [0.2, 0.25) is 10.1 Å². The summed E-state index contributed by atoms with van der Waals surface area (Å²) in [6, 6.07) is 41.1. The summed E-state index contributed by atoms with van der Waals surface area (Å²) < 4.78 is 41.4. The average Bonchev–Trinajstić information content (AvgIpc) is 3.01. The molecule has 1 N–H and O–H groups in total. The van der Waals surface area contributed by atoms with Crippen molar-refractivity contribution < 1.29 is 22.4 Å².